The zero-order valence-electron chi connectivity index (χ0n) is 4.27. The van der Waals surface area contributed by atoms with Gasteiger partial charge in [0.1, 0.15) is 0 Å². The van der Waals surface area contributed by atoms with Crippen molar-refractivity contribution in [1.82, 2.24) is 0 Å². The van der Waals surface area contributed by atoms with Crippen LogP contribution >= 0.6 is 19.8 Å². The fraction of sp³-hybridized carbons (Fsp3) is 0. The van der Waals surface area contributed by atoms with Gasteiger partial charge in [-0.05, 0) is 0 Å². The van der Waals surface area contributed by atoms with Crippen LogP contribution in [0.4, 0.5) is 0 Å². The summed E-state index contributed by atoms with van der Waals surface area (Å²) in [5.74, 6) is 0. The summed E-state index contributed by atoms with van der Waals surface area (Å²) in [4.78, 5) is 0. The topological polar surface area (TPSA) is 85.5 Å². The molecule has 0 bridgehead atoms. The van der Waals surface area contributed by atoms with Gasteiger partial charge in [0.05, 0.1) is 0 Å². The third-order valence-electron chi connectivity index (χ3n) is 0. The second kappa shape index (κ2) is 158. The van der Waals surface area contributed by atoms with Crippen LogP contribution < -0.4 is 0 Å². The standard InChI is InChI=1S/2Al.2Mg.3O.2P.2Si.4H/q2*+3;;;3*-2;;;;;;;;. The average molecular weight is 273 g/mol. The van der Waals surface area contributed by atoms with Gasteiger partial charge in [0, 0.05) is 41.7 Å². The van der Waals surface area contributed by atoms with Gasteiger partial charge in [-0.15, -0.1) is 0 Å². The number of rotatable bonds is 0. The van der Waals surface area contributed by atoms with Crippen LogP contribution in [0.15, 0.2) is 0 Å². The predicted octanol–water partition coefficient (Wildman–Crippen LogP) is -1.99. The Balaban J connectivity index is 0. The Morgan fingerprint density at radius 2 is 0.455 bits per heavy atom. The van der Waals surface area contributed by atoms with Crippen LogP contribution in [-0.2, 0) is 16.4 Å². The number of hydrogen-bond donors (Lipinski definition) is 0. The first-order valence-electron chi connectivity index (χ1n) is 0. The minimum absolute atomic E-state index is 0. The van der Waals surface area contributed by atoms with Crippen molar-refractivity contribution in [3.63, 3.8) is 0 Å². The summed E-state index contributed by atoms with van der Waals surface area (Å²) >= 11 is 0. The molecule has 11 heteroatoms. The Labute approximate surface area is 137 Å². The molecule has 0 aromatic carbocycles. The fourth-order valence-corrected chi connectivity index (χ4v) is 0. The third kappa shape index (κ3) is 134. The molecule has 0 unspecified atom stereocenters. The van der Waals surface area contributed by atoms with Gasteiger partial charge in [0.25, 0.3) is 0 Å². The smallest absolute Gasteiger partial charge is 2.00 e. The first kappa shape index (κ1) is 197. The molecular formula is H4Al2Mg2O3P2Si2. The first-order chi connectivity index (χ1) is 0. The van der Waals surface area contributed by atoms with Gasteiger partial charge in [-0.3, -0.25) is 0 Å². The van der Waals surface area contributed by atoms with Crippen molar-refractivity contribution >= 4 is 123 Å². The van der Waals surface area contributed by atoms with Gasteiger partial charge in [0.15, 0.2) is 0 Å². The van der Waals surface area contributed by atoms with Crippen molar-refractivity contribution in [2.24, 2.45) is 0 Å². The van der Waals surface area contributed by atoms with E-state index in [0.29, 0.717) is 0 Å². The van der Waals surface area contributed by atoms with Gasteiger partial charge in [-0.25, -0.2) is 0 Å². The Morgan fingerprint density at radius 3 is 0.455 bits per heavy atom. The van der Waals surface area contributed by atoms with Crippen molar-refractivity contribution < 1.29 is 16.4 Å². The molecule has 0 aromatic rings. The Kier molecular flexibility index (Phi) is 2830. The molecule has 0 spiro atoms. The van der Waals surface area contributed by atoms with E-state index in [-0.39, 0.29) is 139 Å². The second-order valence-corrected chi connectivity index (χ2v) is 0. The molecule has 0 N–H and O–H groups in total. The molecule has 0 heterocycles. The van der Waals surface area contributed by atoms with Gasteiger partial charge < -0.3 is 16.4 Å². The minimum atomic E-state index is 0. The molecule has 0 aliphatic rings. The van der Waals surface area contributed by atoms with E-state index in [1.807, 2.05) is 0 Å². The van der Waals surface area contributed by atoms with Crippen molar-refractivity contribution in [3.05, 3.63) is 0 Å². The van der Waals surface area contributed by atoms with Crippen molar-refractivity contribution in [1.29, 1.82) is 0 Å². The summed E-state index contributed by atoms with van der Waals surface area (Å²) in [6.07, 6.45) is 0. The molecule has 0 amide bonds. The van der Waals surface area contributed by atoms with E-state index in [0.717, 1.165) is 0 Å². The Bertz CT molecular complexity index is 25.3. The van der Waals surface area contributed by atoms with Crippen LogP contribution in [0.3, 0.4) is 0 Å². The number of hydrogen-bond acceptors (Lipinski definition) is 0. The van der Waals surface area contributed by atoms with Crippen LogP contribution in [0.2, 0.25) is 0 Å². The molecular weight excluding hydrogens is 269 g/mol. The molecule has 0 saturated carbocycles. The second-order valence-electron chi connectivity index (χ2n) is 0. The molecule has 0 aromatic heterocycles. The van der Waals surface area contributed by atoms with Gasteiger partial charge in [0.2, 0.25) is 0 Å². The molecule has 0 aliphatic heterocycles. The Hall–Kier alpha value is 3.77. The molecule has 0 aliphatic carbocycles. The Morgan fingerprint density at radius 1 is 0.455 bits per heavy atom. The zero-order valence-corrected chi connectivity index (χ0v) is 10.4. The van der Waals surface area contributed by atoms with E-state index in [1.54, 1.807) is 0 Å². The molecule has 0 rings (SSSR count). The molecule has 0 fully saturated rings. The van der Waals surface area contributed by atoms with E-state index in [1.165, 1.54) is 0 Å². The summed E-state index contributed by atoms with van der Waals surface area (Å²) in [6, 6.07) is 0. The van der Waals surface area contributed by atoms with Gasteiger partial charge in [-0.1, -0.05) is 0 Å². The molecule has 0 saturated heterocycles. The van der Waals surface area contributed by atoms with Crippen LogP contribution in [0.25, 0.3) is 0 Å². The SMILES string of the molecule is [Al+3].[Al+3].[MgH2].[MgH2].[O-2].[O-2].[O-2].[P].[P].[Si].[Si]. The molecule has 3 nitrogen and oxygen atoms in total. The first-order valence-corrected chi connectivity index (χ1v) is 0. The van der Waals surface area contributed by atoms with E-state index >= 15 is 0 Å². The largest absolute Gasteiger partial charge is 3.00 e. The molecule has 14 radical (unpaired) electrons. The van der Waals surface area contributed by atoms with E-state index < -0.39 is 0 Å². The van der Waals surface area contributed by atoms with Crippen LogP contribution in [-0.4, -0.2) is 103 Å². The average Bonchev–Trinajstić information content (AvgIpc) is 0. The maximum atomic E-state index is 0. The van der Waals surface area contributed by atoms with Gasteiger partial charge >= 0.3 is 80.8 Å². The minimum Gasteiger partial charge on any atom is -2.00 e. The molecule has 0 atom stereocenters. The zero-order chi connectivity index (χ0) is 0. The monoisotopic (exact) mass is 272 g/mol. The summed E-state index contributed by atoms with van der Waals surface area (Å²) in [6.45, 7) is 0. The summed E-state index contributed by atoms with van der Waals surface area (Å²) < 4.78 is 0. The predicted molar refractivity (Wildman–Crippen MR) is 56.0 cm³/mol. The van der Waals surface area contributed by atoms with Crippen LogP contribution in [0.5, 0.6) is 0 Å². The van der Waals surface area contributed by atoms with Crippen molar-refractivity contribution in [2.45, 2.75) is 0 Å². The van der Waals surface area contributed by atoms with E-state index in [4.69, 9.17) is 0 Å². The van der Waals surface area contributed by atoms with E-state index in [2.05, 4.69) is 0 Å². The maximum absolute atomic E-state index is 0. The summed E-state index contributed by atoms with van der Waals surface area (Å²) in [5.41, 5.74) is 0. The van der Waals surface area contributed by atoms with Crippen LogP contribution in [0.1, 0.15) is 0 Å². The molecule has 11 heavy (non-hydrogen) atoms. The quantitative estimate of drug-likeness (QED) is 0.361. The van der Waals surface area contributed by atoms with Gasteiger partial charge in [-0.2, -0.15) is 0 Å². The van der Waals surface area contributed by atoms with Crippen molar-refractivity contribution in [2.75, 3.05) is 0 Å². The van der Waals surface area contributed by atoms with Crippen LogP contribution in [0, 0.1) is 0 Å². The van der Waals surface area contributed by atoms with E-state index in [9.17, 15) is 0 Å². The van der Waals surface area contributed by atoms with Crippen molar-refractivity contribution in [3.8, 4) is 0 Å². The fourth-order valence-electron chi connectivity index (χ4n) is 0. The maximum Gasteiger partial charge on any atom is 3.00 e. The summed E-state index contributed by atoms with van der Waals surface area (Å²) in [5, 5.41) is 0. The normalized spacial score (nSPS) is 0. The summed E-state index contributed by atoms with van der Waals surface area (Å²) in [7, 11) is 0. The third-order valence-corrected chi connectivity index (χ3v) is 0. The molecule has 50 valence electrons.